The van der Waals surface area contributed by atoms with Gasteiger partial charge in [0.05, 0.1) is 17.9 Å². The molecule has 0 saturated carbocycles. The van der Waals surface area contributed by atoms with Crippen LogP contribution in [-0.2, 0) is 24.3 Å². The number of piperidine rings is 1. The van der Waals surface area contributed by atoms with E-state index in [2.05, 4.69) is 23.4 Å². The smallest absolute Gasteiger partial charge is 0.222 e. The van der Waals surface area contributed by atoms with Crippen molar-refractivity contribution in [1.29, 1.82) is 0 Å². The summed E-state index contributed by atoms with van der Waals surface area (Å²) in [5.41, 5.74) is 3.55. The standard InChI is InChI=1S/C23H31FN4O/c1-17-25-23(19-10-12-26(2)13-11-19)21-16-27(14-15-28(17)21)22(29)5-3-4-18-6-8-20(24)9-7-18/h6-9,19H,3-5,10-16H2,1-2H3. The number of benzene rings is 1. The zero-order chi connectivity index (χ0) is 20.4. The molecular formula is C23H31FN4O. The largest absolute Gasteiger partial charge is 0.335 e. The Balaban J connectivity index is 1.37. The van der Waals surface area contributed by atoms with Gasteiger partial charge < -0.3 is 14.4 Å². The number of nitrogens with zero attached hydrogens (tertiary/aromatic N) is 4. The summed E-state index contributed by atoms with van der Waals surface area (Å²) in [6.07, 6.45) is 4.42. The van der Waals surface area contributed by atoms with Crippen LogP contribution in [0.15, 0.2) is 24.3 Å². The van der Waals surface area contributed by atoms with Crippen LogP contribution in [0.25, 0.3) is 0 Å². The van der Waals surface area contributed by atoms with Gasteiger partial charge in [-0.25, -0.2) is 9.37 Å². The predicted octanol–water partition coefficient (Wildman–Crippen LogP) is 3.50. The van der Waals surface area contributed by atoms with Gasteiger partial charge >= 0.3 is 0 Å². The third-order valence-electron chi connectivity index (χ3n) is 6.46. The first-order valence-electron chi connectivity index (χ1n) is 10.8. The zero-order valence-electron chi connectivity index (χ0n) is 17.5. The van der Waals surface area contributed by atoms with Crippen LogP contribution in [0, 0.1) is 12.7 Å². The molecule has 0 radical (unpaired) electrons. The number of carbonyl (C=O) groups is 1. The van der Waals surface area contributed by atoms with Crippen LogP contribution in [0.2, 0.25) is 0 Å². The van der Waals surface area contributed by atoms with Gasteiger partial charge in [-0.1, -0.05) is 12.1 Å². The quantitative estimate of drug-likeness (QED) is 0.774. The summed E-state index contributed by atoms with van der Waals surface area (Å²) in [6.45, 7) is 6.58. The highest BCUT2D eigenvalue weighted by atomic mass is 19.1. The Bertz CT molecular complexity index is 853. The highest BCUT2D eigenvalue weighted by Gasteiger charge is 2.30. The van der Waals surface area contributed by atoms with Crippen molar-refractivity contribution in [2.24, 2.45) is 0 Å². The molecule has 29 heavy (non-hydrogen) atoms. The molecule has 5 nitrogen and oxygen atoms in total. The molecule has 1 aromatic heterocycles. The van der Waals surface area contributed by atoms with E-state index in [1.807, 2.05) is 4.90 Å². The summed E-state index contributed by atoms with van der Waals surface area (Å²) in [5.74, 6) is 1.59. The molecule has 2 aliphatic rings. The number of aromatic nitrogens is 2. The summed E-state index contributed by atoms with van der Waals surface area (Å²) in [6, 6.07) is 6.57. The van der Waals surface area contributed by atoms with Gasteiger partial charge in [-0.15, -0.1) is 0 Å². The first kappa shape index (κ1) is 20.1. The van der Waals surface area contributed by atoms with Crippen LogP contribution in [0.3, 0.4) is 0 Å². The summed E-state index contributed by atoms with van der Waals surface area (Å²) in [5, 5.41) is 0. The van der Waals surface area contributed by atoms with Gasteiger partial charge in [0.1, 0.15) is 11.6 Å². The second-order valence-corrected chi connectivity index (χ2v) is 8.52. The molecule has 2 aromatic rings. The van der Waals surface area contributed by atoms with Gasteiger partial charge in [0.25, 0.3) is 0 Å². The second kappa shape index (κ2) is 8.66. The van der Waals surface area contributed by atoms with E-state index in [1.165, 1.54) is 23.5 Å². The first-order valence-corrected chi connectivity index (χ1v) is 10.8. The third-order valence-corrected chi connectivity index (χ3v) is 6.46. The Labute approximate surface area is 172 Å². The van der Waals surface area contributed by atoms with E-state index < -0.39 is 0 Å². The van der Waals surface area contributed by atoms with E-state index in [-0.39, 0.29) is 11.7 Å². The van der Waals surface area contributed by atoms with Crippen molar-refractivity contribution in [1.82, 2.24) is 19.4 Å². The maximum absolute atomic E-state index is 13.0. The molecule has 2 aliphatic heterocycles. The molecule has 0 atom stereocenters. The lowest BCUT2D eigenvalue weighted by molar-refractivity contribution is -0.132. The molecule has 3 heterocycles. The van der Waals surface area contributed by atoms with Gasteiger partial charge in [0.15, 0.2) is 0 Å². The molecule has 1 saturated heterocycles. The van der Waals surface area contributed by atoms with Crippen molar-refractivity contribution < 1.29 is 9.18 Å². The normalized spacial score (nSPS) is 18.1. The number of carbonyl (C=O) groups excluding carboxylic acids is 1. The summed E-state index contributed by atoms with van der Waals surface area (Å²) in [4.78, 5) is 22.1. The zero-order valence-corrected chi connectivity index (χ0v) is 17.5. The fraction of sp³-hybridized carbons (Fsp3) is 0.565. The average Bonchev–Trinajstić information content (AvgIpc) is 3.06. The Morgan fingerprint density at radius 3 is 2.59 bits per heavy atom. The number of imidazole rings is 1. The van der Waals surface area contributed by atoms with Crippen LogP contribution in [0.4, 0.5) is 4.39 Å². The van der Waals surface area contributed by atoms with Crippen molar-refractivity contribution in [3.63, 3.8) is 0 Å². The molecule has 6 heteroatoms. The molecule has 1 amide bonds. The lowest BCUT2D eigenvalue weighted by Gasteiger charge is -2.32. The van der Waals surface area contributed by atoms with Crippen LogP contribution >= 0.6 is 0 Å². The maximum Gasteiger partial charge on any atom is 0.222 e. The van der Waals surface area contributed by atoms with E-state index in [9.17, 15) is 9.18 Å². The number of hydrogen-bond acceptors (Lipinski definition) is 3. The number of aryl methyl sites for hydroxylation is 2. The van der Waals surface area contributed by atoms with Crippen molar-refractivity contribution in [2.45, 2.75) is 58.0 Å². The van der Waals surface area contributed by atoms with Crippen LogP contribution in [0.1, 0.15) is 54.4 Å². The SMILES string of the molecule is Cc1nc(C2CCN(C)CC2)c2n1CCN(C(=O)CCCc1ccc(F)cc1)C2. The van der Waals surface area contributed by atoms with Crippen LogP contribution in [0.5, 0.6) is 0 Å². The van der Waals surface area contributed by atoms with Crippen molar-refractivity contribution >= 4 is 5.91 Å². The molecule has 0 N–H and O–H groups in total. The van der Waals surface area contributed by atoms with Crippen molar-refractivity contribution in [3.05, 3.63) is 52.9 Å². The Hall–Kier alpha value is -2.21. The number of rotatable bonds is 5. The molecule has 0 aliphatic carbocycles. The van der Waals surface area contributed by atoms with E-state index >= 15 is 0 Å². The molecule has 156 valence electrons. The van der Waals surface area contributed by atoms with E-state index in [0.29, 0.717) is 18.9 Å². The first-order chi connectivity index (χ1) is 14.0. The molecule has 4 rings (SSSR count). The number of fused-ring (bicyclic) bond motifs is 1. The maximum atomic E-state index is 13.0. The third kappa shape index (κ3) is 4.53. The Morgan fingerprint density at radius 2 is 1.86 bits per heavy atom. The lowest BCUT2D eigenvalue weighted by atomic mass is 9.92. The van der Waals surface area contributed by atoms with Crippen LogP contribution in [-0.4, -0.2) is 51.9 Å². The van der Waals surface area contributed by atoms with E-state index in [4.69, 9.17) is 4.98 Å². The summed E-state index contributed by atoms with van der Waals surface area (Å²) >= 11 is 0. The average molecular weight is 399 g/mol. The Kier molecular flexibility index (Phi) is 5.99. The van der Waals surface area contributed by atoms with Gasteiger partial charge in [-0.3, -0.25) is 4.79 Å². The van der Waals surface area contributed by atoms with Gasteiger partial charge in [-0.05, 0) is 70.4 Å². The summed E-state index contributed by atoms with van der Waals surface area (Å²) in [7, 11) is 2.18. The number of hydrogen-bond donors (Lipinski definition) is 0. The minimum atomic E-state index is -0.217. The van der Waals surface area contributed by atoms with Crippen molar-refractivity contribution in [2.75, 3.05) is 26.7 Å². The number of amides is 1. The predicted molar refractivity (Wildman–Crippen MR) is 111 cm³/mol. The molecule has 0 bridgehead atoms. The molecule has 1 aromatic carbocycles. The van der Waals surface area contributed by atoms with Crippen molar-refractivity contribution in [3.8, 4) is 0 Å². The Morgan fingerprint density at radius 1 is 1.14 bits per heavy atom. The van der Waals surface area contributed by atoms with E-state index in [1.54, 1.807) is 12.1 Å². The molecular weight excluding hydrogens is 367 g/mol. The van der Waals surface area contributed by atoms with E-state index in [0.717, 1.165) is 63.3 Å². The van der Waals surface area contributed by atoms with Gasteiger partial charge in [0.2, 0.25) is 5.91 Å². The topological polar surface area (TPSA) is 41.4 Å². The van der Waals surface area contributed by atoms with Crippen LogP contribution < -0.4 is 0 Å². The monoisotopic (exact) mass is 398 g/mol. The van der Waals surface area contributed by atoms with Gasteiger partial charge in [0, 0.05) is 25.4 Å². The minimum Gasteiger partial charge on any atom is -0.335 e. The summed E-state index contributed by atoms with van der Waals surface area (Å²) < 4.78 is 15.3. The minimum absolute atomic E-state index is 0.214. The molecule has 1 fully saturated rings. The number of halogens is 1. The molecule has 0 spiro atoms. The second-order valence-electron chi connectivity index (χ2n) is 8.52. The number of likely N-dealkylation sites (tertiary alicyclic amines) is 1. The lowest BCUT2D eigenvalue weighted by Crippen LogP contribution is -2.39. The fourth-order valence-electron chi connectivity index (χ4n) is 4.65. The fourth-order valence-corrected chi connectivity index (χ4v) is 4.65. The highest BCUT2D eigenvalue weighted by molar-refractivity contribution is 5.76. The van der Waals surface area contributed by atoms with Gasteiger partial charge in [-0.2, -0.15) is 0 Å². The molecule has 0 unspecified atom stereocenters. The highest BCUT2D eigenvalue weighted by Crippen LogP contribution is 2.32.